The molecule has 1 rings (SSSR count). The second-order valence-corrected chi connectivity index (χ2v) is 6.34. The van der Waals surface area contributed by atoms with Gasteiger partial charge < -0.3 is 4.74 Å². The minimum absolute atomic E-state index is 0.0896. The first kappa shape index (κ1) is 17.4. The summed E-state index contributed by atoms with van der Waals surface area (Å²) in [6.07, 6.45) is -6.43. The number of ether oxygens (including phenoxy) is 1. The largest absolute Gasteiger partial charge is 0.450 e. The number of amides is 1. The van der Waals surface area contributed by atoms with Crippen LogP contribution in [0.15, 0.2) is 0 Å². The van der Waals surface area contributed by atoms with Crippen LogP contribution >= 0.6 is 11.3 Å². The average Bonchev–Trinajstić information content (AvgIpc) is 2.54. The van der Waals surface area contributed by atoms with Crippen LogP contribution in [0.3, 0.4) is 0 Å². The molecule has 0 aromatic carbocycles. The number of ketones is 1. The zero-order valence-corrected chi connectivity index (χ0v) is 12.7. The topological polar surface area (TPSA) is 68.3 Å². The van der Waals surface area contributed by atoms with Crippen molar-refractivity contribution in [3.05, 3.63) is 10.6 Å². The lowest BCUT2D eigenvalue weighted by Crippen LogP contribution is -2.27. The third-order valence-corrected chi connectivity index (χ3v) is 3.21. The number of thiazole rings is 1. The van der Waals surface area contributed by atoms with Gasteiger partial charge in [0.25, 0.3) is 0 Å². The van der Waals surface area contributed by atoms with Crippen LogP contribution in [0.2, 0.25) is 0 Å². The summed E-state index contributed by atoms with van der Waals surface area (Å²) in [5.41, 5.74) is -0.436. The predicted molar refractivity (Wildman–Crippen MR) is 71.5 cm³/mol. The van der Waals surface area contributed by atoms with Gasteiger partial charge in [-0.2, -0.15) is 13.2 Å². The molecule has 1 aromatic heterocycles. The smallest absolute Gasteiger partial charge is 0.444 e. The first-order valence-electron chi connectivity index (χ1n) is 5.95. The van der Waals surface area contributed by atoms with Gasteiger partial charge in [0.15, 0.2) is 5.13 Å². The summed E-state index contributed by atoms with van der Waals surface area (Å²) in [5.74, 6) is -1.85. The Morgan fingerprint density at radius 2 is 1.86 bits per heavy atom. The second kappa shape index (κ2) is 6.00. The van der Waals surface area contributed by atoms with Crippen LogP contribution in [-0.2, 0) is 16.0 Å². The summed E-state index contributed by atoms with van der Waals surface area (Å²) in [5, 5.41) is 2.41. The molecule has 1 amide bonds. The molecule has 0 fully saturated rings. The van der Waals surface area contributed by atoms with Crippen molar-refractivity contribution in [3.63, 3.8) is 0 Å². The molecular weight excluding hydrogens is 309 g/mol. The van der Waals surface area contributed by atoms with E-state index in [1.165, 1.54) is 6.92 Å². The number of nitrogens with zero attached hydrogens (tertiary/aromatic N) is 1. The number of hydrogen-bond donors (Lipinski definition) is 1. The van der Waals surface area contributed by atoms with Gasteiger partial charge in [-0.15, -0.1) is 11.3 Å². The van der Waals surface area contributed by atoms with Gasteiger partial charge in [-0.25, -0.2) is 9.78 Å². The number of nitrogens with one attached hydrogen (secondary N) is 1. The molecule has 5 nitrogen and oxygen atoms in total. The highest BCUT2D eigenvalue weighted by Gasteiger charge is 2.38. The van der Waals surface area contributed by atoms with Crippen LogP contribution in [0.1, 0.15) is 31.3 Å². The Labute approximate surface area is 123 Å². The molecule has 0 aliphatic rings. The molecule has 0 unspecified atom stereocenters. The second-order valence-electron chi connectivity index (χ2n) is 5.25. The molecule has 21 heavy (non-hydrogen) atoms. The maximum absolute atomic E-state index is 12.2. The van der Waals surface area contributed by atoms with Gasteiger partial charge >= 0.3 is 12.3 Å². The number of carbonyl (C=O) groups is 2. The van der Waals surface area contributed by atoms with E-state index in [4.69, 9.17) is 4.74 Å². The van der Waals surface area contributed by atoms with Crippen LogP contribution in [0, 0.1) is 6.92 Å². The summed E-state index contributed by atoms with van der Waals surface area (Å²) < 4.78 is 41.6. The van der Waals surface area contributed by atoms with Crippen LogP contribution < -0.4 is 5.32 Å². The van der Waals surface area contributed by atoms with E-state index in [1.54, 1.807) is 20.8 Å². The molecule has 1 aromatic rings. The molecule has 9 heteroatoms. The SMILES string of the molecule is Cc1nc(NC(=O)OC(C)(C)C)sc1CC(=O)C(F)(F)F. The number of Topliss-reactive ketones (excluding diaryl/α,β-unsaturated/α-hetero) is 1. The maximum Gasteiger partial charge on any atom is 0.450 e. The number of aromatic nitrogens is 1. The van der Waals surface area contributed by atoms with Gasteiger partial charge in [0.05, 0.1) is 12.1 Å². The van der Waals surface area contributed by atoms with Crippen molar-refractivity contribution in [2.75, 3.05) is 5.32 Å². The van der Waals surface area contributed by atoms with Crippen molar-refractivity contribution in [2.45, 2.75) is 45.9 Å². The van der Waals surface area contributed by atoms with Crippen molar-refractivity contribution < 1.29 is 27.5 Å². The fraction of sp³-hybridized carbons (Fsp3) is 0.583. The van der Waals surface area contributed by atoms with E-state index in [0.29, 0.717) is 0 Å². The van der Waals surface area contributed by atoms with E-state index in [9.17, 15) is 22.8 Å². The highest BCUT2D eigenvalue weighted by atomic mass is 32.1. The molecule has 0 radical (unpaired) electrons. The number of rotatable bonds is 3. The van der Waals surface area contributed by atoms with Gasteiger partial charge in [-0.05, 0) is 27.7 Å². The minimum Gasteiger partial charge on any atom is -0.444 e. The van der Waals surface area contributed by atoms with Gasteiger partial charge in [0, 0.05) is 4.88 Å². The Morgan fingerprint density at radius 1 is 1.29 bits per heavy atom. The third-order valence-electron chi connectivity index (χ3n) is 2.14. The summed E-state index contributed by atoms with van der Waals surface area (Å²) >= 11 is 0.814. The van der Waals surface area contributed by atoms with E-state index in [0.717, 1.165) is 11.3 Å². The first-order chi connectivity index (χ1) is 9.38. The lowest BCUT2D eigenvalue weighted by Gasteiger charge is -2.18. The van der Waals surface area contributed by atoms with Crippen molar-refractivity contribution >= 4 is 28.3 Å². The number of aryl methyl sites for hydroxylation is 1. The molecule has 0 aliphatic carbocycles. The number of anilines is 1. The van der Waals surface area contributed by atoms with Gasteiger partial charge in [0.1, 0.15) is 5.60 Å². The molecule has 0 aliphatic heterocycles. The fourth-order valence-electron chi connectivity index (χ4n) is 1.28. The molecule has 1 N–H and O–H groups in total. The van der Waals surface area contributed by atoms with E-state index in [1.807, 2.05) is 0 Å². The number of carbonyl (C=O) groups excluding carboxylic acids is 2. The molecule has 1 heterocycles. The lowest BCUT2D eigenvalue weighted by molar-refractivity contribution is -0.170. The Morgan fingerprint density at radius 3 is 2.33 bits per heavy atom. The monoisotopic (exact) mass is 324 g/mol. The van der Waals surface area contributed by atoms with Crippen molar-refractivity contribution in [3.8, 4) is 0 Å². The molecule has 118 valence electrons. The number of alkyl halides is 3. The molecule has 0 saturated heterocycles. The Kier molecular flexibility index (Phi) is 4.98. The Balaban J connectivity index is 2.75. The van der Waals surface area contributed by atoms with Crippen molar-refractivity contribution in [2.24, 2.45) is 0 Å². The van der Waals surface area contributed by atoms with Crippen molar-refractivity contribution in [1.29, 1.82) is 0 Å². The van der Waals surface area contributed by atoms with E-state index < -0.39 is 30.1 Å². The summed E-state index contributed by atoms with van der Waals surface area (Å²) in [6.45, 7) is 6.49. The number of hydrogen-bond acceptors (Lipinski definition) is 5. The average molecular weight is 324 g/mol. The lowest BCUT2D eigenvalue weighted by atomic mass is 10.2. The third kappa shape index (κ3) is 5.70. The highest BCUT2D eigenvalue weighted by molar-refractivity contribution is 7.16. The van der Waals surface area contributed by atoms with Crippen molar-refractivity contribution in [1.82, 2.24) is 4.98 Å². The van der Waals surface area contributed by atoms with Crippen LogP contribution in [0.25, 0.3) is 0 Å². The minimum atomic E-state index is -4.88. The number of halogens is 3. The van der Waals surface area contributed by atoms with E-state index in [2.05, 4.69) is 10.3 Å². The highest BCUT2D eigenvalue weighted by Crippen LogP contribution is 2.27. The summed E-state index contributed by atoms with van der Waals surface area (Å²) in [6, 6.07) is 0. The van der Waals surface area contributed by atoms with Crippen LogP contribution in [0.4, 0.5) is 23.1 Å². The summed E-state index contributed by atoms with van der Waals surface area (Å²) in [4.78, 5) is 26.5. The quantitative estimate of drug-likeness (QED) is 0.924. The predicted octanol–water partition coefficient (Wildman–Crippen LogP) is 3.47. The summed E-state index contributed by atoms with van der Waals surface area (Å²) in [7, 11) is 0. The maximum atomic E-state index is 12.2. The van der Waals surface area contributed by atoms with Crippen LogP contribution in [0.5, 0.6) is 0 Å². The van der Waals surface area contributed by atoms with Crippen LogP contribution in [-0.4, -0.2) is 28.6 Å². The zero-order valence-electron chi connectivity index (χ0n) is 11.9. The molecule has 0 bridgehead atoms. The van der Waals surface area contributed by atoms with Gasteiger partial charge in [0.2, 0.25) is 5.78 Å². The molecule has 0 saturated carbocycles. The Bertz CT molecular complexity index is 547. The Hall–Kier alpha value is -1.64. The zero-order chi connectivity index (χ0) is 16.4. The first-order valence-corrected chi connectivity index (χ1v) is 6.76. The standard InChI is InChI=1S/C12H15F3N2O3S/c1-6-7(5-8(18)12(13,14)15)21-9(16-6)17-10(19)20-11(2,3)4/h5H2,1-4H3,(H,16,17,19). The van der Waals surface area contributed by atoms with E-state index in [-0.39, 0.29) is 15.7 Å². The molecular formula is C12H15F3N2O3S. The van der Waals surface area contributed by atoms with Gasteiger partial charge in [-0.1, -0.05) is 0 Å². The molecule has 0 spiro atoms. The normalized spacial score (nSPS) is 12.1. The van der Waals surface area contributed by atoms with Gasteiger partial charge in [-0.3, -0.25) is 10.1 Å². The van der Waals surface area contributed by atoms with E-state index >= 15 is 0 Å². The fourth-order valence-corrected chi connectivity index (χ4v) is 2.23. The molecule has 0 atom stereocenters.